The fourth-order valence-electron chi connectivity index (χ4n) is 4.71. The Labute approximate surface area is 188 Å². The fraction of sp³-hybridized carbons (Fsp3) is 0.500. The Hall–Kier alpha value is -2.38. The van der Waals surface area contributed by atoms with Gasteiger partial charge in [-0.15, -0.1) is 0 Å². The van der Waals surface area contributed by atoms with E-state index >= 15 is 0 Å². The summed E-state index contributed by atoms with van der Waals surface area (Å²) in [5.74, 6) is 0.243. The molecule has 6 nitrogen and oxygen atoms in total. The standard InChI is InChI=1S/C24H31N5OS/c1-27-17-18-9-10-19(30)16-21(18)25-23(27)8-4-5-11-28-12-14-29(15-13-28)24-26-20-6-2-3-7-22(20)31-24/h2-3,6-7,16-17,23,25H,4-5,8-15H2,1H3. The lowest BCUT2D eigenvalue weighted by Gasteiger charge is -2.37. The Kier molecular flexibility index (Phi) is 5.96. The van der Waals surface area contributed by atoms with Crippen LogP contribution in [0.2, 0.25) is 0 Å². The van der Waals surface area contributed by atoms with Gasteiger partial charge in [-0.2, -0.15) is 0 Å². The minimum absolute atomic E-state index is 0.243. The van der Waals surface area contributed by atoms with Crippen molar-refractivity contribution in [3.63, 3.8) is 0 Å². The van der Waals surface area contributed by atoms with Crippen molar-refractivity contribution >= 4 is 32.5 Å². The predicted molar refractivity (Wildman–Crippen MR) is 127 cm³/mol. The minimum atomic E-state index is 0.243. The molecule has 1 fully saturated rings. The van der Waals surface area contributed by atoms with Crippen LogP contribution in [0.25, 0.3) is 10.2 Å². The number of fused-ring (bicyclic) bond motifs is 2. The van der Waals surface area contributed by atoms with Gasteiger partial charge in [-0.3, -0.25) is 9.69 Å². The molecular formula is C24H31N5OS. The first kappa shape index (κ1) is 20.5. The number of rotatable bonds is 6. The van der Waals surface area contributed by atoms with Gasteiger partial charge in [0, 0.05) is 57.6 Å². The number of carbonyl (C=O) groups excluding carboxylic acids is 1. The molecule has 1 aliphatic carbocycles. The SMILES string of the molecule is CN1C=C2CCC(=O)C=C2NC1CCCCN1CCN(c2nc3ccccc3s2)CC1. The summed E-state index contributed by atoms with van der Waals surface area (Å²) in [6.45, 7) is 5.49. The molecule has 164 valence electrons. The van der Waals surface area contributed by atoms with Crippen molar-refractivity contribution in [2.75, 3.05) is 44.7 Å². The lowest BCUT2D eigenvalue weighted by Crippen LogP contribution is -2.47. The van der Waals surface area contributed by atoms with Gasteiger partial charge in [-0.05, 0) is 49.9 Å². The minimum Gasteiger partial charge on any atom is -0.365 e. The second-order valence-electron chi connectivity index (χ2n) is 8.79. The highest BCUT2D eigenvalue weighted by molar-refractivity contribution is 7.22. The number of anilines is 1. The first-order valence-electron chi connectivity index (χ1n) is 11.4. The molecular weight excluding hydrogens is 406 g/mol. The van der Waals surface area contributed by atoms with Crippen molar-refractivity contribution in [3.8, 4) is 0 Å². The van der Waals surface area contributed by atoms with Gasteiger partial charge in [0.05, 0.1) is 16.4 Å². The molecule has 1 N–H and O–H groups in total. The normalized spacial score (nSPS) is 22.2. The maximum Gasteiger partial charge on any atom is 0.186 e. The van der Waals surface area contributed by atoms with Crippen LogP contribution in [0.15, 0.2) is 47.8 Å². The molecule has 3 heterocycles. The third-order valence-electron chi connectivity index (χ3n) is 6.59. The van der Waals surface area contributed by atoms with Crippen molar-refractivity contribution < 1.29 is 4.79 Å². The molecule has 2 aromatic rings. The number of thiazole rings is 1. The second-order valence-corrected chi connectivity index (χ2v) is 9.80. The number of ketones is 1. The van der Waals surface area contributed by atoms with Gasteiger partial charge in [0.15, 0.2) is 10.9 Å². The van der Waals surface area contributed by atoms with E-state index in [1.54, 1.807) is 17.4 Å². The zero-order valence-electron chi connectivity index (χ0n) is 18.2. The van der Waals surface area contributed by atoms with Crippen molar-refractivity contribution in [3.05, 3.63) is 47.8 Å². The molecule has 1 aromatic carbocycles. The van der Waals surface area contributed by atoms with Crippen LogP contribution in [0, 0.1) is 0 Å². The monoisotopic (exact) mass is 437 g/mol. The van der Waals surface area contributed by atoms with Crippen molar-refractivity contribution in [2.45, 2.75) is 38.3 Å². The van der Waals surface area contributed by atoms with Gasteiger partial charge in [0.1, 0.15) is 0 Å². The van der Waals surface area contributed by atoms with E-state index in [1.165, 1.54) is 23.1 Å². The van der Waals surface area contributed by atoms with Gasteiger partial charge in [-0.1, -0.05) is 23.5 Å². The van der Waals surface area contributed by atoms with E-state index in [-0.39, 0.29) is 11.9 Å². The number of unbranched alkanes of at least 4 members (excludes halogenated alkanes) is 1. The smallest absolute Gasteiger partial charge is 0.186 e. The Morgan fingerprint density at radius 1 is 1.13 bits per heavy atom. The van der Waals surface area contributed by atoms with E-state index in [4.69, 9.17) is 4.98 Å². The van der Waals surface area contributed by atoms with Crippen molar-refractivity contribution in [2.24, 2.45) is 0 Å². The molecule has 0 radical (unpaired) electrons. The molecule has 3 aliphatic rings. The van der Waals surface area contributed by atoms with Gasteiger partial charge in [-0.25, -0.2) is 4.98 Å². The lowest BCUT2D eigenvalue weighted by molar-refractivity contribution is -0.114. The average molecular weight is 438 g/mol. The second kappa shape index (κ2) is 9.01. The van der Waals surface area contributed by atoms with E-state index in [1.807, 2.05) is 0 Å². The molecule has 0 spiro atoms. The number of nitrogens with zero attached hydrogens (tertiary/aromatic N) is 4. The number of benzene rings is 1. The Bertz CT molecular complexity index is 971. The van der Waals surface area contributed by atoms with Crippen LogP contribution in [0.4, 0.5) is 5.13 Å². The number of hydrogen-bond acceptors (Lipinski definition) is 7. The molecule has 0 amide bonds. The molecule has 1 aromatic heterocycles. The maximum absolute atomic E-state index is 11.7. The first-order valence-corrected chi connectivity index (χ1v) is 12.2. The largest absolute Gasteiger partial charge is 0.365 e. The summed E-state index contributed by atoms with van der Waals surface area (Å²) in [6, 6.07) is 8.41. The van der Waals surface area contributed by atoms with Gasteiger partial charge in [0.25, 0.3) is 0 Å². The number of allylic oxidation sites excluding steroid dienone is 2. The summed E-state index contributed by atoms with van der Waals surface area (Å²) >= 11 is 1.80. The summed E-state index contributed by atoms with van der Waals surface area (Å²) in [5.41, 5.74) is 3.43. The van der Waals surface area contributed by atoms with Crippen LogP contribution >= 0.6 is 11.3 Å². The van der Waals surface area contributed by atoms with E-state index in [0.29, 0.717) is 6.42 Å². The Balaban J connectivity index is 1.05. The Morgan fingerprint density at radius 2 is 1.97 bits per heavy atom. The van der Waals surface area contributed by atoms with E-state index in [9.17, 15) is 4.79 Å². The molecule has 0 bridgehead atoms. The first-order chi connectivity index (χ1) is 15.2. The van der Waals surface area contributed by atoms with Crippen LogP contribution in [0.3, 0.4) is 0 Å². The maximum atomic E-state index is 11.7. The van der Waals surface area contributed by atoms with Crippen molar-refractivity contribution in [1.29, 1.82) is 0 Å². The number of para-hydroxylation sites is 1. The predicted octanol–water partition coefficient (Wildman–Crippen LogP) is 3.58. The molecule has 0 saturated carbocycles. The molecule has 2 aliphatic heterocycles. The number of nitrogens with one attached hydrogen (secondary N) is 1. The molecule has 5 rings (SSSR count). The molecule has 1 saturated heterocycles. The Morgan fingerprint density at radius 3 is 2.81 bits per heavy atom. The quantitative estimate of drug-likeness (QED) is 0.697. The number of aromatic nitrogens is 1. The van der Waals surface area contributed by atoms with Crippen LogP contribution < -0.4 is 10.2 Å². The van der Waals surface area contributed by atoms with Gasteiger partial charge in [0.2, 0.25) is 0 Å². The topological polar surface area (TPSA) is 51.7 Å². The molecule has 7 heteroatoms. The fourth-order valence-corrected chi connectivity index (χ4v) is 5.73. The third kappa shape index (κ3) is 4.62. The molecule has 1 atom stereocenters. The highest BCUT2D eigenvalue weighted by Crippen LogP contribution is 2.29. The third-order valence-corrected chi connectivity index (χ3v) is 7.69. The number of hydrogen-bond donors (Lipinski definition) is 1. The van der Waals surface area contributed by atoms with Crippen LogP contribution in [-0.4, -0.2) is 66.5 Å². The van der Waals surface area contributed by atoms with Crippen molar-refractivity contribution in [1.82, 2.24) is 20.1 Å². The zero-order valence-corrected chi connectivity index (χ0v) is 19.0. The van der Waals surface area contributed by atoms with Crippen LogP contribution in [0.5, 0.6) is 0 Å². The van der Waals surface area contributed by atoms with Crippen LogP contribution in [0.1, 0.15) is 32.1 Å². The zero-order chi connectivity index (χ0) is 21.2. The van der Waals surface area contributed by atoms with Gasteiger partial charge >= 0.3 is 0 Å². The average Bonchev–Trinajstić information content (AvgIpc) is 3.22. The summed E-state index contributed by atoms with van der Waals surface area (Å²) < 4.78 is 1.27. The summed E-state index contributed by atoms with van der Waals surface area (Å²) in [6.07, 6.45) is 9.29. The lowest BCUT2D eigenvalue weighted by atomic mass is 9.96. The summed E-state index contributed by atoms with van der Waals surface area (Å²) in [5, 5.41) is 4.74. The van der Waals surface area contributed by atoms with E-state index in [2.05, 4.69) is 57.5 Å². The van der Waals surface area contributed by atoms with Crippen LogP contribution in [-0.2, 0) is 4.79 Å². The number of piperazine rings is 1. The summed E-state index contributed by atoms with van der Waals surface area (Å²) in [4.78, 5) is 23.8. The molecule has 31 heavy (non-hydrogen) atoms. The summed E-state index contributed by atoms with van der Waals surface area (Å²) in [7, 11) is 2.14. The number of carbonyl (C=O) groups is 1. The highest BCUT2D eigenvalue weighted by Gasteiger charge is 2.25. The van der Waals surface area contributed by atoms with E-state index in [0.717, 1.165) is 61.9 Å². The highest BCUT2D eigenvalue weighted by atomic mass is 32.1. The van der Waals surface area contributed by atoms with E-state index < -0.39 is 0 Å². The van der Waals surface area contributed by atoms with Gasteiger partial charge < -0.3 is 15.1 Å². The molecule has 1 unspecified atom stereocenters.